The molecular weight excluding hydrogens is 295 g/mol. The third-order valence-electron chi connectivity index (χ3n) is 2.12. The van der Waals surface area contributed by atoms with E-state index in [1.54, 1.807) is 4.72 Å². The molecule has 1 rings (SSSR count). The Bertz CT molecular complexity index is 621. The van der Waals surface area contributed by atoms with Crippen molar-refractivity contribution < 1.29 is 26.7 Å². The molecular formula is C12H12F3NO3S. The standard InChI is InChI=1S/C12H12F3NO3S/c13-10-7-9(3-1-2-6-17)4-5-11(10)20(18,19)16-8-12(14)15/h4-5,7,12,16-17H,2,6,8H2. The van der Waals surface area contributed by atoms with Gasteiger partial charge in [-0.3, -0.25) is 0 Å². The Kier molecular flexibility index (Phi) is 6.01. The summed E-state index contributed by atoms with van der Waals surface area (Å²) in [6.07, 6.45) is -2.66. The SMILES string of the molecule is O=S(=O)(NCC(F)F)c1ccc(C#CCCO)cc1F. The van der Waals surface area contributed by atoms with Crippen LogP contribution in [0.25, 0.3) is 0 Å². The van der Waals surface area contributed by atoms with Gasteiger partial charge in [-0.05, 0) is 18.2 Å². The van der Waals surface area contributed by atoms with Gasteiger partial charge in [0.25, 0.3) is 6.43 Å². The van der Waals surface area contributed by atoms with Gasteiger partial charge in [0.05, 0.1) is 13.2 Å². The number of hydrogen-bond donors (Lipinski definition) is 2. The van der Waals surface area contributed by atoms with E-state index in [1.165, 1.54) is 6.07 Å². The van der Waals surface area contributed by atoms with Gasteiger partial charge in [0.1, 0.15) is 10.7 Å². The van der Waals surface area contributed by atoms with Crippen LogP contribution in [0.4, 0.5) is 13.2 Å². The van der Waals surface area contributed by atoms with Crippen molar-refractivity contribution in [3.05, 3.63) is 29.6 Å². The molecule has 0 aliphatic carbocycles. The van der Waals surface area contributed by atoms with Crippen LogP contribution in [0.3, 0.4) is 0 Å². The van der Waals surface area contributed by atoms with E-state index in [4.69, 9.17) is 5.11 Å². The lowest BCUT2D eigenvalue weighted by Crippen LogP contribution is -2.29. The van der Waals surface area contributed by atoms with Crippen molar-refractivity contribution in [2.75, 3.05) is 13.2 Å². The van der Waals surface area contributed by atoms with E-state index in [-0.39, 0.29) is 18.6 Å². The van der Waals surface area contributed by atoms with Crippen molar-refractivity contribution in [1.29, 1.82) is 0 Å². The number of benzene rings is 1. The molecule has 0 radical (unpaired) electrons. The average Bonchev–Trinajstić information content (AvgIpc) is 2.37. The third-order valence-corrected chi connectivity index (χ3v) is 3.58. The predicted octanol–water partition coefficient (Wildman–Crippen LogP) is 1.10. The van der Waals surface area contributed by atoms with E-state index in [9.17, 15) is 21.6 Å². The van der Waals surface area contributed by atoms with Crippen LogP contribution < -0.4 is 4.72 Å². The van der Waals surface area contributed by atoms with Crippen molar-refractivity contribution in [3.8, 4) is 11.8 Å². The number of alkyl halides is 2. The second kappa shape index (κ2) is 7.28. The fourth-order valence-electron chi connectivity index (χ4n) is 1.27. The first-order chi connectivity index (χ1) is 9.36. The topological polar surface area (TPSA) is 66.4 Å². The maximum absolute atomic E-state index is 13.7. The Balaban J connectivity index is 2.96. The highest BCUT2D eigenvalue weighted by Crippen LogP contribution is 2.15. The first-order valence-corrected chi connectivity index (χ1v) is 7.02. The summed E-state index contributed by atoms with van der Waals surface area (Å²) in [5.74, 6) is 4.00. The van der Waals surface area contributed by atoms with E-state index >= 15 is 0 Å². The van der Waals surface area contributed by atoms with Gasteiger partial charge in [-0.25, -0.2) is 26.3 Å². The number of hydrogen-bond acceptors (Lipinski definition) is 3. The molecule has 0 aliphatic heterocycles. The summed E-state index contributed by atoms with van der Waals surface area (Å²) in [7, 11) is -4.32. The Morgan fingerprint density at radius 3 is 2.60 bits per heavy atom. The highest BCUT2D eigenvalue weighted by molar-refractivity contribution is 7.89. The Labute approximate surface area is 114 Å². The molecule has 0 heterocycles. The fraction of sp³-hybridized carbons (Fsp3) is 0.333. The summed E-state index contributed by atoms with van der Waals surface area (Å²) in [4.78, 5) is -0.717. The van der Waals surface area contributed by atoms with Gasteiger partial charge in [-0.1, -0.05) is 11.8 Å². The number of sulfonamides is 1. The number of nitrogens with one attached hydrogen (secondary N) is 1. The predicted molar refractivity (Wildman–Crippen MR) is 66.2 cm³/mol. The number of halogens is 3. The quantitative estimate of drug-likeness (QED) is 0.801. The van der Waals surface area contributed by atoms with Crippen LogP contribution in [0, 0.1) is 17.7 Å². The van der Waals surface area contributed by atoms with Crippen LogP contribution in [-0.4, -0.2) is 33.1 Å². The smallest absolute Gasteiger partial charge is 0.251 e. The Morgan fingerprint density at radius 2 is 2.05 bits per heavy atom. The van der Waals surface area contributed by atoms with Crippen LogP contribution in [0.2, 0.25) is 0 Å². The minimum atomic E-state index is -4.32. The Hall–Kier alpha value is -1.56. The summed E-state index contributed by atoms with van der Waals surface area (Å²) >= 11 is 0. The minimum absolute atomic E-state index is 0.139. The van der Waals surface area contributed by atoms with Crippen LogP contribution in [-0.2, 0) is 10.0 Å². The van der Waals surface area contributed by atoms with Crippen molar-refractivity contribution in [2.45, 2.75) is 17.7 Å². The second-order valence-corrected chi connectivity index (χ2v) is 5.40. The van der Waals surface area contributed by atoms with E-state index in [2.05, 4.69) is 11.8 Å². The number of aliphatic hydroxyl groups is 1. The fourth-order valence-corrected chi connectivity index (χ4v) is 2.33. The number of rotatable bonds is 5. The first kappa shape index (κ1) is 16.5. The third kappa shape index (κ3) is 4.85. The molecule has 0 amide bonds. The number of aliphatic hydroxyl groups excluding tert-OH is 1. The van der Waals surface area contributed by atoms with E-state index in [1.807, 2.05) is 0 Å². The molecule has 20 heavy (non-hydrogen) atoms. The molecule has 0 aliphatic rings. The molecule has 4 nitrogen and oxygen atoms in total. The molecule has 2 N–H and O–H groups in total. The monoisotopic (exact) mass is 307 g/mol. The van der Waals surface area contributed by atoms with Gasteiger partial charge in [-0.15, -0.1) is 0 Å². The zero-order valence-electron chi connectivity index (χ0n) is 10.2. The highest BCUT2D eigenvalue weighted by Gasteiger charge is 2.20. The lowest BCUT2D eigenvalue weighted by atomic mass is 10.2. The molecule has 0 fully saturated rings. The molecule has 1 aromatic rings. The lowest BCUT2D eigenvalue weighted by molar-refractivity contribution is 0.153. The van der Waals surface area contributed by atoms with Crippen molar-refractivity contribution in [1.82, 2.24) is 4.72 Å². The largest absolute Gasteiger partial charge is 0.395 e. The van der Waals surface area contributed by atoms with Gasteiger partial charge in [0.2, 0.25) is 10.0 Å². The molecule has 1 aromatic carbocycles. The average molecular weight is 307 g/mol. The van der Waals surface area contributed by atoms with E-state index in [0.29, 0.717) is 0 Å². The maximum Gasteiger partial charge on any atom is 0.251 e. The highest BCUT2D eigenvalue weighted by atomic mass is 32.2. The van der Waals surface area contributed by atoms with Crippen LogP contribution in [0.15, 0.2) is 23.1 Å². The summed E-state index contributed by atoms with van der Waals surface area (Å²) in [5, 5.41) is 8.53. The van der Waals surface area contributed by atoms with Gasteiger partial charge in [-0.2, -0.15) is 0 Å². The molecule has 110 valence electrons. The van der Waals surface area contributed by atoms with E-state index in [0.717, 1.165) is 12.1 Å². The minimum Gasteiger partial charge on any atom is -0.395 e. The molecule has 0 aromatic heterocycles. The van der Waals surface area contributed by atoms with Gasteiger partial charge >= 0.3 is 0 Å². The summed E-state index contributed by atoms with van der Waals surface area (Å²) in [5.41, 5.74) is 0.226. The van der Waals surface area contributed by atoms with Crippen molar-refractivity contribution >= 4 is 10.0 Å². The first-order valence-electron chi connectivity index (χ1n) is 5.54. The van der Waals surface area contributed by atoms with Gasteiger partial charge in [0.15, 0.2) is 0 Å². The van der Waals surface area contributed by atoms with E-state index < -0.39 is 33.7 Å². The molecule has 0 saturated carbocycles. The van der Waals surface area contributed by atoms with Crippen molar-refractivity contribution in [2.24, 2.45) is 0 Å². The van der Waals surface area contributed by atoms with Gasteiger partial charge in [0, 0.05) is 12.0 Å². The Morgan fingerprint density at radius 1 is 1.35 bits per heavy atom. The van der Waals surface area contributed by atoms with Crippen LogP contribution >= 0.6 is 0 Å². The summed E-state index contributed by atoms with van der Waals surface area (Å²) in [6, 6.07) is 3.10. The van der Waals surface area contributed by atoms with Crippen molar-refractivity contribution in [3.63, 3.8) is 0 Å². The van der Waals surface area contributed by atoms with Crippen LogP contribution in [0.1, 0.15) is 12.0 Å². The summed E-state index contributed by atoms with van der Waals surface area (Å²) in [6.45, 7) is -1.22. The molecule has 0 bridgehead atoms. The second-order valence-electron chi connectivity index (χ2n) is 3.66. The lowest BCUT2D eigenvalue weighted by Gasteiger charge is -2.07. The van der Waals surface area contributed by atoms with Crippen LogP contribution in [0.5, 0.6) is 0 Å². The molecule has 0 saturated heterocycles. The normalized spacial score (nSPS) is 11.2. The molecule has 0 atom stereocenters. The molecule has 0 spiro atoms. The maximum atomic E-state index is 13.7. The molecule has 8 heteroatoms. The zero-order valence-corrected chi connectivity index (χ0v) is 11.1. The zero-order chi connectivity index (χ0) is 15.2. The van der Waals surface area contributed by atoms with Gasteiger partial charge < -0.3 is 5.11 Å². The summed E-state index contributed by atoms with van der Waals surface area (Å²) < 4.78 is 62.3. The molecule has 0 unspecified atom stereocenters.